The molecule has 19 nitrogen and oxygen atoms in total. The molecule has 1 fully saturated rings. The molecule has 3 aliphatic heterocycles. The highest BCUT2D eigenvalue weighted by Gasteiger charge is 2.46. The van der Waals surface area contributed by atoms with Crippen molar-refractivity contribution in [1.29, 1.82) is 0 Å². The number of imide groups is 1. The fourth-order valence-corrected chi connectivity index (χ4v) is 11.5. The molecule has 0 saturated heterocycles. The number of rotatable bonds is 22. The molecule has 2 aromatic carbocycles. The van der Waals surface area contributed by atoms with Crippen molar-refractivity contribution in [3.63, 3.8) is 0 Å². The number of halogens is 1. The molecule has 5 heterocycles. The largest absolute Gasteiger partial charge is 0.458 e. The Kier molecular flexibility index (Phi) is 16.2. The number of ether oxygens (including phenoxy) is 2. The summed E-state index contributed by atoms with van der Waals surface area (Å²) >= 11 is 0. The number of ketones is 3. The second-order valence-corrected chi connectivity index (χ2v) is 20.7. The summed E-state index contributed by atoms with van der Waals surface area (Å²) in [6, 6.07) is 11.3. The Morgan fingerprint density at radius 1 is 0.883 bits per heavy atom. The molecule has 0 bridgehead atoms. The number of aliphatic hydroxyl groups is 1. The van der Waals surface area contributed by atoms with Gasteiger partial charge in [0.05, 0.1) is 54.8 Å². The highest BCUT2D eigenvalue weighted by Crippen LogP contribution is 2.46. The molecule has 9 rings (SSSR count). The molecule has 0 radical (unpaired) electrons. The minimum Gasteiger partial charge on any atom is -0.458 e. The summed E-state index contributed by atoms with van der Waals surface area (Å²) < 4.78 is 27.7. The van der Waals surface area contributed by atoms with Crippen LogP contribution in [0.3, 0.4) is 0 Å². The average molecular weight is 1060 g/mol. The van der Waals surface area contributed by atoms with Crippen molar-refractivity contribution in [3.05, 3.63) is 110 Å². The number of cyclic esters (lactones) is 1. The Morgan fingerprint density at radius 2 is 1.61 bits per heavy atom. The number of aromatic nitrogens is 2. The summed E-state index contributed by atoms with van der Waals surface area (Å²) in [5, 5.41) is 20.3. The van der Waals surface area contributed by atoms with E-state index < -0.39 is 70.8 Å². The minimum absolute atomic E-state index is 0.00371. The van der Waals surface area contributed by atoms with Crippen molar-refractivity contribution < 1.29 is 62.1 Å². The van der Waals surface area contributed by atoms with Crippen molar-refractivity contribution in [2.24, 2.45) is 17.8 Å². The smallest absolute Gasteiger partial charge is 0.343 e. The molecule has 2 aliphatic carbocycles. The number of fused-ring (bicyclic) bond motifs is 5. The van der Waals surface area contributed by atoms with Gasteiger partial charge in [0.1, 0.15) is 24.8 Å². The maximum absolute atomic E-state index is 15.4. The lowest BCUT2D eigenvalue weighted by Crippen LogP contribution is -2.44. The van der Waals surface area contributed by atoms with Crippen LogP contribution in [0.1, 0.15) is 116 Å². The quantitative estimate of drug-likeness (QED) is 0.0437. The third kappa shape index (κ3) is 11.4. The number of Topliss-reactive ketones (excluding diaryl/α,β-unsaturated/α-hetero) is 3. The predicted octanol–water partition coefficient (Wildman–Crippen LogP) is 3.74. The van der Waals surface area contributed by atoms with Gasteiger partial charge < -0.3 is 35.1 Å². The van der Waals surface area contributed by atoms with Crippen molar-refractivity contribution in [1.82, 2.24) is 30.4 Å². The second kappa shape index (κ2) is 22.9. The van der Waals surface area contributed by atoms with E-state index in [0.717, 1.165) is 11.1 Å². The van der Waals surface area contributed by atoms with Crippen LogP contribution < -0.4 is 21.5 Å². The Labute approximate surface area is 442 Å². The van der Waals surface area contributed by atoms with Crippen LogP contribution in [-0.2, 0) is 84.2 Å². The zero-order chi connectivity index (χ0) is 54.7. The standard InChI is InChI=1S/C57H61FN6O13/c1-3-57(75)41-23-45-53-39(28-63(45)55(73)40(41)29-77-56(57)74)52-43(14-13-38-31(2)42(58)24-44(62-53)51(38)52)61-48(69)30-76-20-19-36(65)25-60-54(72)35(21-32-7-5-4-6-8-32)22-37(66)26-59-47(68)16-15-46(67)34-11-9-33(10-12-34)27-64-49(70)17-18-50(64)71/h4-8,17-18,23-24,33-35,43,75H,3,9-16,19-22,25-30H2,1-2H3,(H,59,68)(H,60,72)(H,61,69)/t33?,34?,35-,43+,57+/m1/s1. The van der Waals surface area contributed by atoms with Crippen molar-refractivity contribution >= 4 is 63.8 Å². The average Bonchev–Trinajstić information content (AvgIpc) is 4.11. The normalized spacial score (nSPS) is 20.5. The van der Waals surface area contributed by atoms with Gasteiger partial charge in [0.15, 0.2) is 17.2 Å². The van der Waals surface area contributed by atoms with Crippen molar-refractivity contribution in [2.45, 2.75) is 116 Å². The zero-order valence-corrected chi connectivity index (χ0v) is 43.0. The maximum atomic E-state index is 15.4. The molecule has 20 heteroatoms. The SMILES string of the molecule is CC[C@@]1(O)C(=O)OCc2c1cc1n(c2=O)Cc2c-1nc1cc(F)c(C)c3c1c2[C@@H](NC(=O)COCCC(=O)CNC(=O)[C@@H](CC(=O)CNC(=O)CCC(=O)C1CCC(CN2C(=O)C=CC2=O)CC1)Cc1ccccc1)CC3. The van der Waals surface area contributed by atoms with Crippen LogP contribution in [0.2, 0.25) is 0 Å². The van der Waals surface area contributed by atoms with Crippen LogP contribution in [0.15, 0.2) is 59.4 Å². The van der Waals surface area contributed by atoms with E-state index in [4.69, 9.17) is 14.5 Å². The lowest BCUT2D eigenvalue weighted by atomic mass is 9.79. The molecule has 0 spiro atoms. The molecule has 3 atom stereocenters. The number of pyridine rings is 2. The summed E-state index contributed by atoms with van der Waals surface area (Å²) in [5.74, 6) is -5.33. The third-order valence-corrected chi connectivity index (χ3v) is 15.8. The van der Waals surface area contributed by atoms with Crippen LogP contribution in [0.25, 0.3) is 22.3 Å². The van der Waals surface area contributed by atoms with Crippen LogP contribution in [0.5, 0.6) is 0 Å². The number of hydrogen-bond donors (Lipinski definition) is 4. The summed E-state index contributed by atoms with van der Waals surface area (Å²) in [5.41, 5.74) is 2.10. The van der Waals surface area contributed by atoms with Crippen LogP contribution in [0.4, 0.5) is 4.39 Å². The number of amides is 5. The van der Waals surface area contributed by atoms with Gasteiger partial charge in [0, 0.05) is 78.8 Å². The summed E-state index contributed by atoms with van der Waals surface area (Å²) in [7, 11) is 0. The van der Waals surface area contributed by atoms with Gasteiger partial charge in [0.25, 0.3) is 17.4 Å². The number of carbonyl (C=O) groups is 9. The fourth-order valence-electron chi connectivity index (χ4n) is 11.5. The van der Waals surface area contributed by atoms with Crippen LogP contribution in [-0.4, -0.2) is 105 Å². The summed E-state index contributed by atoms with van der Waals surface area (Å²) in [4.78, 5) is 136. The van der Waals surface area contributed by atoms with E-state index in [1.807, 2.05) is 18.2 Å². The molecule has 404 valence electrons. The van der Waals surface area contributed by atoms with E-state index in [2.05, 4.69) is 16.0 Å². The highest BCUT2D eigenvalue weighted by atomic mass is 19.1. The number of nitrogens with one attached hydrogen (secondary N) is 3. The monoisotopic (exact) mass is 1060 g/mol. The maximum Gasteiger partial charge on any atom is 0.343 e. The number of benzene rings is 2. The molecule has 5 aliphatic rings. The van der Waals surface area contributed by atoms with Crippen LogP contribution in [0, 0.1) is 30.5 Å². The minimum atomic E-state index is -2.04. The summed E-state index contributed by atoms with van der Waals surface area (Å²) in [6.45, 7) is 2.09. The Bertz CT molecular complexity index is 3180. The second-order valence-electron chi connectivity index (χ2n) is 20.7. The lowest BCUT2D eigenvalue weighted by molar-refractivity contribution is -0.172. The van der Waals surface area contributed by atoms with E-state index in [9.17, 15) is 53.1 Å². The fraction of sp³-hybridized carbons (Fsp3) is 0.456. The van der Waals surface area contributed by atoms with E-state index in [-0.39, 0.29) is 112 Å². The van der Waals surface area contributed by atoms with Gasteiger partial charge in [-0.3, -0.25) is 48.1 Å². The molecule has 77 heavy (non-hydrogen) atoms. The molecule has 4 N–H and O–H groups in total. The van der Waals surface area contributed by atoms with Gasteiger partial charge in [-0.1, -0.05) is 37.3 Å². The van der Waals surface area contributed by atoms with Crippen LogP contribution >= 0.6 is 0 Å². The Hall–Kier alpha value is -7.58. The summed E-state index contributed by atoms with van der Waals surface area (Å²) in [6.07, 6.45) is 5.54. The predicted molar refractivity (Wildman–Crippen MR) is 274 cm³/mol. The third-order valence-electron chi connectivity index (χ3n) is 15.8. The first-order valence-corrected chi connectivity index (χ1v) is 26.3. The van der Waals surface area contributed by atoms with E-state index in [0.29, 0.717) is 84.1 Å². The van der Waals surface area contributed by atoms with Crippen molar-refractivity contribution in [3.8, 4) is 11.4 Å². The Balaban J connectivity index is 0.744. The topological polar surface area (TPSA) is 267 Å². The molecular weight excluding hydrogens is 996 g/mol. The first-order chi connectivity index (χ1) is 36.9. The van der Waals surface area contributed by atoms with Gasteiger partial charge in [-0.2, -0.15) is 0 Å². The van der Waals surface area contributed by atoms with E-state index in [1.54, 1.807) is 32.0 Å². The van der Waals surface area contributed by atoms with Gasteiger partial charge in [-0.05, 0) is 92.5 Å². The Morgan fingerprint density at radius 3 is 2.34 bits per heavy atom. The lowest BCUT2D eigenvalue weighted by Gasteiger charge is -2.31. The van der Waals surface area contributed by atoms with Gasteiger partial charge >= 0.3 is 5.97 Å². The molecule has 0 unspecified atom stereocenters. The molecule has 1 saturated carbocycles. The van der Waals surface area contributed by atoms with Gasteiger partial charge in [-0.25, -0.2) is 14.2 Å². The molecule has 4 aromatic rings. The number of esters is 1. The van der Waals surface area contributed by atoms with E-state index in [1.165, 1.54) is 27.7 Å². The number of nitrogens with zero attached hydrogens (tertiary/aromatic N) is 3. The first kappa shape index (κ1) is 54.2. The zero-order valence-electron chi connectivity index (χ0n) is 43.0. The molecule has 2 aromatic heterocycles. The highest BCUT2D eigenvalue weighted by molar-refractivity contribution is 6.13. The number of carbonyl (C=O) groups excluding carboxylic acids is 9. The molecular formula is C57H61FN6O13. The van der Waals surface area contributed by atoms with E-state index >= 15 is 4.39 Å². The van der Waals surface area contributed by atoms with Gasteiger partial charge in [-0.15, -0.1) is 0 Å². The van der Waals surface area contributed by atoms with Gasteiger partial charge in [0.2, 0.25) is 17.7 Å². The first-order valence-electron chi connectivity index (χ1n) is 26.3. The number of aryl methyl sites for hydroxylation is 1. The van der Waals surface area contributed by atoms with Crippen molar-refractivity contribution in [2.75, 3.05) is 32.8 Å². The number of hydrogen-bond acceptors (Lipinski definition) is 14. The molecule has 5 amide bonds.